The quantitative estimate of drug-likeness (QED) is 0.210. The van der Waals surface area contributed by atoms with E-state index in [-0.39, 0.29) is 5.92 Å². The predicted molar refractivity (Wildman–Crippen MR) is 139 cm³/mol. The molecule has 0 saturated heterocycles. The molecule has 0 saturated carbocycles. The van der Waals surface area contributed by atoms with Crippen LogP contribution in [-0.2, 0) is 0 Å². The van der Waals surface area contributed by atoms with Crippen molar-refractivity contribution in [2.45, 2.75) is 34.6 Å². The van der Waals surface area contributed by atoms with Crippen LogP contribution in [0.4, 0.5) is 5.69 Å². The number of benzene rings is 1. The van der Waals surface area contributed by atoms with Gasteiger partial charge in [0.1, 0.15) is 5.82 Å². The second kappa shape index (κ2) is 11.0. The molecular formula is C25H31ClN4S. The highest BCUT2D eigenvalue weighted by Gasteiger charge is 2.29. The molecule has 0 fully saturated rings. The minimum atomic E-state index is 0.267. The largest absolute Gasteiger partial charge is 0.341 e. The Morgan fingerprint density at radius 3 is 2.52 bits per heavy atom. The van der Waals surface area contributed by atoms with E-state index in [9.17, 15) is 0 Å². The van der Waals surface area contributed by atoms with Crippen LogP contribution in [0.3, 0.4) is 0 Å². The molecular weight excluding hydrogens is 424 g/mol. The summed E-state index contributed by atoms with van der Waals surface area (Å²) in [5.41, 5.74) is 4.73. The second-order valence-corrected chi connectivity index (χ2v) is 8.42. The van der Waals surface area contributed by atoms with Crippen LogP contribution in [0.15, 0.2) is 77.8 Å². The highest BCUT2D eigenvalue weighted by atomic mass is 35.5. The van der Waals surface area contributed by atoms with Crippen LogP contribution in [-0.4, -0.2) is 11.1 Å². The Bertz CT molecular complexity index is 1040. The Hall–Kier alpha value is -2.76. The number of allylic oxidation sites excluding steroid dienone is 4. The molecule has 2 heterocycles. The van der Waals surface area contributed by atoms with Crippen LogP contribution in [0.5, 0.6) is 0 Å². The molecule has 31 heavy (non-hydrogen) atoms. The third-order valence-electron chi connectivity index (χ3n) is 4.65. The molecule has 0 spiro atoms. The summed E-state index contributed by atoms with van der Waals surface area (Å²) in [5.74, 6) is 6.51. The van der Waals surface area contributed by atoms with Crippen LogP contribution < -0.4 is 11.2 Å². The Balaban J connectivity index is 0.00000166. The van der Waals surface area contributed by atoms with Crippen molar-refractivity contribution >= 4 is 40.5 Å². The fourth-order valence-corrected chi connectivity index (χ4v) is 4.75. The van der Waals surface area contributed by atoms with Gasteiger partial charge in [0.25, 0.3) is 0 Å². The molecule has 6 heteroatoms. The predicted octanol–water partition coefficient (Wildman–Crippen LogP) is 7.69. The Morgan fingerprint density at radius 2 is 1.94 bits per heavy atom. The molecule has 1 aliphatic rings. The van der Waals surface area contributed by atoms with Crippen LogP contribution >= 0.6 is 22.9 Å². The number of hydrogen-bond acceptors (Lipinski definition) is 5. The number of nitrogens with one attached hydrogen (secondary N) is 1. The van der Waals surface area contributed by atoms with Crippen molar-refractivity contribution in [1.82, 2.24) is 4.90 Å². The molecule has 0 atom stereocenters. The summed E-state index contributed by atoms with van der Waals surface area (Å²) in [7, 11) is 0. The smallest absolute Gasteiger partial charge is 0.108 e. The van der Waals surface area contributed by atoms with Gasteiger partial charge in [0.05, 0.1) is 28.2 Å². The van der Waals surface area contributed by atoms with Crippen molar-refractivity contribution in [2.24, 2.45) is 16.9 Å². The standard InChI is InChI=1S/C23H25ClN4S.C2H6/c1-6-9-17(14(2)3)21(13-26-25)28-15(4)23-20(27-16(28)5)12-22(29-23)18-10-7-8-11-19(18)24;1-2/h6-14,27H,4-5,25H2,1-3H3;1-2H3/b9-6-,21-17+,26-13-;. The number of thiophene rings is 1. The molecule has 2 aromatic rings. The first-order valence-electron chi connectivity index (χ1n) is 10.3. The number of fused-ring (bicyclic) bond motifs is 1. The van der Waals surface area contributed by atoms with Gasteiger partial charge < -0.3 is 11.2 Å². The highest BCUT2D eigenvalue weighted by Crippen LogP contribution is 2.46. The maximum Gasteiger partial charge on any atom is 0.108 e. The minimum absolute atomic E-state index is 0.267. The van der Waals surface area contributed by atoms with E-state index in [1.807, 2.05) is 56.0 Å². The Kier molecular flexibility index (Phi) is 8.72. The van der Waals surface area contributed by atoms with E-state index in [1.165, 1.54) is 0 Å². The fraction of sp³-hybridized carbons (Fsp3) is 0.240. The monoisotopic (exact) mass is 454 g/mol. The zero-order chi connectivity index (χ0) is 23.1. The summed E-state index contributed by atoms with van der Waals surface area (Å²) in [6.07, 6.45) is 5.73. The molecule has 3 rings (SSSR count). The summed E-state index contributed by atoms with van der Waals surface area (Å²) in [4.78, 5) is 4.07. The van der Waals surface area contributed by atoms with E-state index >= 15 is 0 Å². The number of halogens is 1. The van der Waals surface area contributed by atoms with Gasteiger partial charge in [-0.1, -0.05) is 82.8 Å². The van der Waals surface area contributed by atoms with Crippen molar-refractivity contribution in [2.75, 3.05) is 5.32 Å². The number of rotatable bonds is 5. The van der Waals surface area contributed by atoms with E-state index in [0.717, 1.165) is 43.0 Å². The molecule has 0 unspecified atom stereocenters. The summed E-state index contributed by atoms with van der Waals surface area (Å²) in [6.45, 7) is 18.8. The molecule has 0 bridgehead atoms. The number of nitrogens with zero attached hydrogens (tertiary/aromatic N) is 2. The van der Waals surface area contributed by atoms with E-state index in [1.54, 1.807) is 17.6 Å². The lowest BCUT2D eigenvalue weighted by Crippen LogP contribution is -2.30. The van der Waals surface area contributed by atoms with Crippen molar-refractivity contribution in [3.63, 3.8) is 0 Å². The Labute approximate surface area is 195 Å². The minimum Gasteiger partial charge on any atom is -0.341 e. The van der Waals surface area contributed by atoms with Crippen LogP contribution in [0.25, 0.3) is 16.1 Å². The van der Waals surface area contributed by atoms with Crippen molar-refractivity contribution in [3.8, 4) is 10.4 Å². The summed E-state index contributed by atoms with van der Waals surface area (Å²) in [5, 5.41) is 7.93. The molecule has 1 aromatic heterocycles. The fourth-order valence-electron chi connectivity index (χ4n) is 3.34. The molecule has 0 aliphatic carbocycles. The van der Waals surface area contributed by atoms with Gasteiger partial charge in [0.2, 0.25) is 0 Å². The number of hydrazone groups is 1. The lowest BCUT2D eigenvalue weighted by atomic mass is 9.99. The summed E-state index contributed by atoms with van der Waals surface area (Å²) >= 11 is 8.05. The van der Waals surface area contributed by atoms with Gasteiger partial charge in [0.15, 0.2) is 0 Å². The number of nitrogens with two attached hydrogens (primary N) is 1. The molecule has 4 nitrogen and oxygen atoms in total. The third kappa shape index (κ3) is 5.12. The van der Waals surface area contributed by atoms with E-state index in [4.69, 9.17) is 17.4 Å². The van der Waals surface area contributed by atoms with Gasteiger partial charge in [-0.3, -0.25) is 4.90 Å². The van der Waals surface area contributed by atoms with Gasteiger partial charge in [0, 0.05) is 15.5 Å². The maximum absolute atomic E-state index is 6.41. The average molecular weight is 455 g/mol. The molecule has 164 valence electrons. The van der Waals surface area contributed by atoms with Crippen molar-refractivity contribution in [3.05, 3.63) is 82.6 Å². The van der Waals surface area contributed by atoms with Crippen molar-refractivity contribution < 1.29 is 0 Å². The SMILES string of the molecule is C=C1Nc2cc(-c3ccccc3Cl)sc2C(=C)N1C(/C=N\N)=C(\C=C/C)C(C)C.CC. The van der Waals surface area contributed by atoms with Crippen LogP contribution in [0.1, 0.15) is 39.5 Å². The molecule has 0 radical (unpaired) electrons. The summed E-state index contributed by atoms with van der Waals surface area (Å²) < 4.78 is 0. The molecule has 3 N–H and O–H groups in total. The third-order valence-corrected chi connectivity index (χ3v) is 6.20. The van der Waals surface area contributed by atoms with Gasteiger partial charge in [-0.25, -0.2) is 0 Å². The molecule has 1 aromatic carbocycles. The normalized spacial score (nSPS) is 14.5. The van der Waals surface area contributed by atoms with Gasteiger partial charge in [-0.2, -0.15) is 5.10 Å². The lowest BCUT2D eigenvalue weighted by Gasteiger charge is -2.35. The van der Waals surface area contributed by atoms with Gasteiger partial charge >= 0.3 is 0 Å². The number of hydrogen-bond donors (Lipinski definition) is 2. The number of anilines is 1. The Morgan fingerprint density at radius 1 is 1.26 bits per heavy atom. The first kappa shape index (κ1) is 24.5. The maximum atomic E-state index is 6.41. The van der Waals surface area contributed by atoms with Crippen LogP contribution in [0, 0.1) is 5.92 Å². The van der Waals surface area contributed by atoms with Gasteiger partial charge in [-0.05, 0) is 30.5 Å². The molecule has 1 aliphatic heterocycles. The van der Waals surface area contributed by atoms with E-state index < -0.39 is 0 Å². The topological polar surface area (TPSA) is 53.6 Å². The first-order valence-corrected chi connectivity index (χ1v) is 11.5. The zero-order valence-electron chi connectivity index (χ0n) is 18.9. The van der Waals surface area contributed by atoms with E-state index in [2.05, 4.69) is 49.6 Å². The molecule has 0 amide bonds. The lowest BCUT2D eigenvalue weighted by molar-refractivity contribution is 0.614. The van der Waals surface area contributed by atoms with Gasteiger partial charge in [-0.15, -0.1) is 11.3 Å². The summed E-state index contributed by atoms with van der Waals surface area (Å²) in [6, 6.07) is 9.92. The van der Waals surface area contributed by atoms with Crippen molar-refractivity contribution in [1.29, 1.82) is 0 Å². The van der Waals surface area contributed by atoms with Crippen LogP contribution in [0.2, 0.25) is 5.02 Å². The zero-order valence-corrected chi connectivity index (χ0v) is 20.4. The second-order valence-electron chi connectivity index (χ2n) is 6.96. The average Bonchev–Trinajstić information content (AvgIpc) is 3.17. The highest BCUT2D eigenvalue weighted by molar-refractivity contribution is 7.17. The van der Waals surface area contributed by atoms with E-state index in [0.29, 0.717) is 5.82 Å². The first-order chi connectivity index (χ1) is 14.9.